The molecule has 80 valence electrons. The van der Waals surface area contributed by atoms with Gasteiger partial charge in [0.15, 0.2) is 0 Å². The number of pyridine rings is 1. The second-order valence-corrected chi connectivity index (χ2v) is 3.60. The van der Waals surface area contributed by atoms with Crippen molar-refractivity contribution >= 4 is 17.9 Å². The van der Waals surface area contributed by atoms with E-state index in [4.69, 9.17) is 12.2 Å². The second kappa shape index (κ2) is 4.24. The SMILES string of the molecule is O=[N+]([O-])c1cccc(-n2ccccc2=S)c1. The number of hydrogen-bond acceptors (Lipinski definition) is 3. The molecule has 0 radical (unpaired) electrons. The van der Waals surface area contributed by atoms with E-state index in [0.717, 1.165) is 0 Å². The first kappa shape index (κ1) is 10.5. The largest absolute Gasteiger partial charge is 0.308 e. The molecule has 0 unspecified atom stereocenters. The van der Waals surface area contributed by atoms with Gasteiger partial charge in [-0.25, -0.2) is 0 Å². The minimum absolute atomic E-state index is 0.0586. The number of nitrogens with zero attached hydrogens (tertiary/aromatic N) is 2. The number of non-ortho nitro benzene ring substituents is 1. The Hall–Kier alpha value is -2.01. The minimum atomic E-state index is -0.421. The molecule has 0 saturated carbocycles. The van der Waals surface area contributed by atoms with Crippen LogP contribution >= 0.6 is 12.2 Å². The minimum Gasteiger partial charge on any atom is -0.308 e. The van der Waals surface area contributed by atoms with E-state index in [1.807, 2.05) is 12.1 Å². The van der Waals surface area contributed by atoms with Crippen LogP contribution in [0.1, 0.15) is 0 Å². The molecule has 5 heteroatoms. The Bertz CT molecular complexity index is 592. The Balaban J connectivity index is 2.57. The first-order valence-electron chi connectivity index (χ1n) is 4.61. The fourth-order valence-corrected chi connectivity index (χ4v) is 1.64. The normalized spacial score (nSPS) is 10.0. The highest BCUT2D eigenvalue weighted by Gasteiger charge is 2.06. The summed E-state index contributed by atoms with van der Waals surface area (Å²) in [6.45, 7) is 0. The fraction of sp³-hybridized carbons (Fsp3) is 0. The molecule has 0 saturated heterocycles. The van der Waals surface area contributed by atoms with Crippen molar-refractivity contribution in [3.05, 3.63) is 63.4 Å². The third-order valence-corrected chi connectivity index (χ3v) is 2.47. The van der Waals surface area contributed by atoms with Crippen molar-refractivity contribution in [2.75, 3.05) is 0 Å². The molecule has 4 nitrogen and oxygen atoms in total. The lowest BCUT2D eigenvalue weighted by Crippen LogP contribution is -1.96. The summed E-state index contributed by atoms with van der Waals surface area (Å²) in [5, 5.41) is 10.6. The van der Waals surface area contributed by atoms with Crippen LogP contribution in [0.3, 0.4) is 0 Å². The summed E-state index contributed by atoms with van der Waals surface area (Å²) >= 11 is 5.14. The van der Waals surface area contributed by atoms with Crippen LogP contribution in [-0.2, 0) is 0 Å². The molecule has 0 amide bonds. The van der Waals surface area contributed by atoms with E-state index in [9.17, 15) is 10.1 Å². The van der Waals surface area contributed by atoms with Gasteiger partial charge in [-0.15, -0.1) is 0 Å². The molecular formula is C11H8N2O2S. The molecular weight excluding hydrogens is 224 g/mol. The van der Waals surface area contributed by atoms with Gasteiger partial charge in [0.1, 0.15) is 4.64 Å². The van der Waals surface area contributed by atoms with Crippen LogP contribution < -0.4 is 0 Å². The quantitative estimate of drug-likeness (QED) is 0.454. The van der Waals surface area contributed by atoms with Crippen LogP contribution in [0, 0.1) is 14.8 Å². The van der Waals surface area contributed by atoms with Crippen LogP contribution in [0.4, 0.5) is 5.69 Å². The smallest absolute Gasteiger partial charge is 0.271 e. The van der Waals surface area contributed by atoms with Crippen LogP contribution in [0.25, 0.3) is 5.69 Å². The van der Waals surface area contributed by atoms with Gasteiger partial charge in [-0.3, -0.25) is 10.1 Å². The molecule has 0 fully saturated rings. The zero-order chi connectivity index (χ0) is 11.5. The molecule has 0 aliphatic heterocycles. The summed E-state index contributed by atoms with van der Waals surface area (Å²) in [7, 11) is 0. The molecule has 0 aliphatic rings. The van der Waals surface area contributed by atoms with Gasteiger partial charge in [-0.2, -0.15) is 0 Å². The Morgan fingerprint density at radius 1 is 1.19 bits per heavy atom. The molecule has 1 aromatic carbocycles. The zero-order valence-corrected chi connectivity index (χ0v) is 9.05. The van der Waals surface area contributed by atoms with Gasteiger partial charge in [-0.05, 0) is 18.2 Å². The van der Waals surface area contributed by atoms with E-state index >= 15 is 0 Å². The lowest BCUT2D eigenvalue weighted by atomic mass is 10.2. The Kier molecular flexibility index (Phi) is 2.78. The van der Waals surface area contributed by atoms with Gasteiger partial charge in [0.05, 0.1) is 10.6 Å². The second-order valence-electron chi connectivity index (χ2n) is 3.19. The highest BCUT2D eigenvalue weighted by atomic mass is 32.1. The average molecular weight is 232 g/mol. The monoisotopic (exact) mass is 232 g/mol. The van der Waals surface area contributed by atoms with Crippen LogP contribution in [-0.4, -0.2) is 9.49 Å². The molecule has 16 heavy (non-hydrogen) atoms. The summed E-state index contributed by atoms with van der Waals surface area (Å²) in [5.74, 6) is 0. The van der Waals surface area contributed by atoms with Crippen molar-refractivity contribution in [3.63, 3.8) is 0 Å². The number of aromatic nitrogens is 1. The number of benzene rings is 1. The molecule has 0 N–H and O–H groups in total. The number of hydrogen-bond donors (Lipinski definition) is 0. The van der Waals surface area contributed by atoms with Crippen molar-refractivity contribution < 1.29 is 4.92 Å². The topological polar surface area (TPSA) is 48.1 Å². The molecule has 0 spiro atoms. The van der Waals surface area contributed by atoms with E-state index in [-0.39, 0.29) is 5.69 Å². The predicted molar refractivity (Wildman–Crippen MR) is 63.3 cm³/mol. The lowest BCUT2D eigenvalue weighted by Gasteiger charge is -2.05. The molecule has 1 aromatic heterocycles. The summed E-state index contributed by atoms with van der Waals surface area (Å²) in [6, 6.07) is 11.8. The van der Waals surface area contributed by atoms with Gasteiger partial charge in [0.2, 0.25) is 0 Å². The Morgan fingerprint density at radius 3 is 2.69 bits per heavy atom. The van der Waals surface area contributed by atoms with Gasteiger partial charge in [0, 0.05) is 18.3 Å². The van der Waals surface area contributed by atoms with Gasteiger partial charge < -0.3 is 4.57 Å². The van der Waals surface area contributed by atoms with Crippen molar-refractivity contribution in [1.29, 1.82) is 0 Å². The first-order valence-corrected chi connectivity index (χ1v) is 5.02. The predicted octanol–water partition coefficient (Wildman–Crippen LogP) is 3.11. The molecule has 2 aromatic rings. The van der Waals surface area contributed by atoms with Crippen molar-refractivity contribution in [3.8, 4) is 5.69 Å². The molecule has 2 rings (SSSR count). The van der Waals surface area contributed by atoms with Crippen LogP contribution in [0.2, 0.25) is 0 Å². The van der Waals surface area contributed by atoms with E-state index in [1.54, 1.807) is 29.0 Å². The first-order chi connectivity index (χ1) is 7.68. The number of nitro groups is 1. The summed E-state index contributed by atoms with van der Waals surface area (Å²) in [5.41, 5.74) is 0.753. The molecule has 1 heterocycles. The van der Waals surface area contributed by atoms with Gasteiger partial charge in [-0.1, -0.05) is 24.4 Å². The number of rotatable bonds is 2. The molecule has 0 atom stereocenters. The maximum Gasteiger partial charge on any atom is 0.271 e. The summed E-state index contributed by atoms with van der Waals surface area (Å²) in [6.07, 6.45) is 1.78. The van der Waals surface area contributed by atoms with Crippen molar-refractivity contribution in [2.45, 2.75) is 0 Å². The van der Waals surface area contributed by atoms with E-state index in [1.165, 1.54) is 12.1 Å². The van der Waals surface area contributed by atoms with Crippen LogP contribution in [0.15, 0.2) is 48.7 Å². The van der Waals surface area contributed by atoms with E-state index < -0.39 is 4.92 Å². The summed E-state index contributed by atoms with van der Waals surface area (Å²) < 4.78 is 2.34. The maximum atomic E-state index is 10.6. The van der Waals surface area contributed by atoms with E-state index in [2.05, 4.69) is 0 Å². The third kappa shape index (κ3) is 1.99. The van der Waals surface area contributed by atoms with Gasteiger partial charge in [0.25, 0.3) is 5.69 Å². The lowest BCUT2D eigenvalue weighted by molar-refractivity contribution is -0.384. The summed E-state index contributed by atoms with van der Waals surface area (Å²) in [4.78, 5) is 10.2. The molecule has 0 aliphatic carbocycles. The van der Waals surface area contributed by atoms with Gasteiger partial charge >= 0.3 is 0 Å². The van der Waals surface area contributed by atoms with Crippen LogP contribution in [0.5, 0.6) is 0 Å². The average Bonchev–Trinajstić information content (AvgIpc) is 2.30. The maximum absolute atomic E-state index is 10.6. The molecule has 0 bridgehead atoms. The van der Waals surface area contributed by atoms with Crippen molar-refractivity contribution in [1.82, 2.24) is 4.57 Å². The highest BCUT2D eigenvalue weighted by Crippen LogP contribution is 2.16. The Morgan fingerprint density at radius 2 is 2.00 bits per heavy atom. The third-order valence-electron chi connectivity index (χ3n) is 2.14. The fourth-order valence-electron chi connectivity index (χ4n) is 1.40. The number of nitro benzene ring substituents is 1. The Labute approximate surface area is 96.9 Å². The standard InChI is InChI=1S/C11H8N2O2S/c14-13(15)10-5-3-4-9(8-10)12-7-2-1-6-11(12)16/h1-8H. The van der Waals surface area contributed by atoms with Crippen molar-refractivity contribution in [2.24, 2.45) is 0 Å². The zero-order valence-electron chi connectivity index (χ0n) is 8.24. The highest BCUT2D eigenvalue weighted by molar-refractivity contribution is 7.71. The van der Waals surface area contributed by atoms with E-state index in [0.29, 0.717) is 10.3 Å².